The number of furan rings is 1. The Morgan fingerprint density at radius 2 is 2.00 bits per heavy atom. The quantitative estimate of drug-likeness (QED) is 0.606. The number of fused-ring (bicyclic) bond motifs is 1. The molecule has 0 spiro atoms. The molecule has 0 aliphatic carbocycles. The van der Waals surface area contributed by atoms with Crippen LogP contribution in [0.25, 0.3) is 17.4 Å². The second kappa shape index (κ2) is 8.27. The van der Waals surface area contributed by atoms with E-state index in [0.717, 1.165) is 32.7 Å². The number of anilines is 2. The maximum atomic E-state index is 13.2. The Labute approximate surface area is 174 Å². The van der Waals surface area contributed by atoms with Gasteiger partial charge in [-0.3, -0.25) is 4.79 Å². The van der Waals surface area contributed by atoms with E-state index in [1.807, 2.05) is 18.7 Å². The van der Waals surface area contributed by atoms with Gasteiger partial charge in [-0.05, 0) is 24.6 Å². The summed E-state index contributed by atoms with van der Waals surface area (Å²) in [6.45, 7) is 10.3. The average Bonchev–Trinajstić information content (AvgIpc) is 3.41. The van der Waals surface area contributed by atoms with Crippen molar-refractivity contribution in [1.29, 1.82) is 0 Å². The fourth-order valence-corrected chi connectivity index (χ4v) is 3.51. The zero-order valence-electron chi connectivity index (χ0n) is 17.4. The first kappa shape index (κ1) is 20.1. The number of aromatic nitrogens is 5. The standard InChI is InChI=1S/C19H27N9O2/c1-4-26-7-9-27(10-8-26)16(29)14(12(2)3)21-18-23-17(20)28-19(24-18)22-15(25-28)13-6-5-11-30-13/h5-6,11-12,14H,4,7-10H2,1-3H3,(H3,20,21,22,23,24,25)/t14-/m0/s1. The largest absolute Gasteiger partial charge is 0.461 e. The van der Waals surface area contributed by atoms with Crippen LogP contribution in [0, 0.1) is 5.92 Å². The van der Waals surface area contributed by atoms with E-state index >= 15 is 0 Å². The Hall–Kier alpha value is -3.21. The normalized spacial score (nSPS) is 16.3. The zero-order chi connectivity index (χ0) is 21.3. The number of nitrogen functional groups attached to an aromatic ring is 1. The van der Waals surface area contributed by atoms with Crippen molar-refractivity contribution in [2.24, 2.45) is 5.92 Å². The van der Waals surface area contributed by atoms with Gasteiger partial charge in [-0.15, -0.1) is 5.10 Å². The molecule has 0 unspecified atom stereocenters. The molecular formula is C19H27N9O2. The Bertz CT molecular complexity index is 1010. The lowest BCUT2D eigenvalue weighted by Crippen LogP contribution is -2.53. The molecule has 1 saturated heterocycles. The smallest absolute Gasteiger partial charge is 0.259 e. The summed E-state index contributed by atoms with van der Waals surface area (Å²) in [5, 5.41) is 7.45. The van der Waals surface area contributed by atoms with E-state index in [0.29, 0.717) is 11.6 Å². The van der Waals surface area contributed by atoms with E-state index in [9.17, 15) is 4.79 Å². The molecule has 160 valence electrons. The first-order valence-electron chi connectivity index (χ1n) is 10.2. The van der Waals surface area contributed by atoms with Crippen molar-refractivity contribution in [3.8, 4) is 11.6 Å². The van der Waals surface area contributed by atoms with Crippen molar-refractivity contribution in [1.82, 2.24) is 34.4 Å². The zero-order valence-corrected chi connectivity index (χ0v) is 17.4. The highest BCUT2D eigenvalue weighted by molar-refractivity contribution is 5.84. The summed E-state index contributed by atoms with van der Waals surface area (Å²) in [5.41, 5.74) is 6.06. The highest BCUT2D eigenvalue weighted by atomic mass is 16.3. The van der Waals surface area contributed by atoms with Crippen LogP contribution in [-0.4, -0.2) is 79.0 Å². The Balaban J connectivity index is 1.55. The van der Waals surface area contributed by atoms with Gasteiger partial charge in [0.1, 0.15) is 6.04 Å². The highest BCUT2D eigenvalue weighted by Gasteiger charge is 2.30. The molecule has 1 aliphatic heterocycles. The SMILES string of the molecule is CCN1CCN(C(=O)[C@@H](Nc2nc(N)n3nc(-c4ccco4)nc3n2)C(C)C)CC1. The van der Waals surface area contributed by atoms with Crippen molar-refractivity contribution < 1.29 is 9.21 Å². The van der Waals surface area contributed by atoms with E-state index in [-0.39, 0.29) is 29.5 Å². The molecule has 1 atom stereocenters. The minimum absolute atomic E-state index is 0.0410. The molecule has 1 amide bonds. The van der Waals surface area contributed by atoms with E-state index in [4.69, 9.17) is 10.2 Å². The van der Waals surface area contributed by atoms with Crippen molar-refractivity contribution in [3.63, 3.8) is 0 Å². The lowest BCUT2D eigenvalue weighted by Gasteiger charge is -2.36. The van der Waals surface area contributed by atoms with E-state index < -0.39 is 6.04 Å². The summed E-state index contributed by atoms with van der Waals surface area (Å²) in [6, 6.07) is 3.04. The number of carbonyl (C=O) groups is 1. The van der Waals surface area contributed by atoms with E-state index in [1.54, 1.807) is 18.4 Å². The molecule has 0 bridgehead atoms. The van der Waals surface area contributed by atoms with Gasteiger partial charge >= 0.3 is 0 Å². The number of carbonyl (C=O) groups excluding carboxylic acids is 1. The van der Waals surface area contributed by atoms with Gasteiger partial charge < -0.3 is 25.3 Å². The van der Waals surface area contributed by atoms with Gasteiger partial charge in [0.05, 0.1) is 6.26 Å². The third kappa shape index (κ3) is 3.92. The predicted octanol–water partition coefficient (Wildman–Crippen LogP) is 0.962. The fraction of sp³-hybridized carbons (Fsp3) is 0.526. The summed E-state index contributed by atoms with van der Waals surface area (Å²) >= 11 is 0. The average molecular weight is 413 g/mol. The highest BCUT2D eigenvalue weighted by Crippen LogP contribution is 2.19. The third-order valence-corrected chi connectivity index (χ3v) is 5.32. The van der Waals surface area contributed by atoms with Gasteiger partial charge in [-0.2, -0.15) is 19.5 Å². The summed E-state index contributed by atoms with van der Waals surface area (Å²) in [5.74, 6) is 1.61. The van der Waals surface area contributed by atoms with Gasteiger partial charge in [0, 0.05) is 26.2 Å². The molecule has 3 N–H and O–H groups in total. The molecule has 0 saturated carbocycles. The fourth-order valence-electron chi connectivity index (χ4n) is 3.51. The second-order valence-corrected chi connectivity index (χ2v) is 7.66. The summed E-state index contributed by atoms with van der Waals surface area (Å²) in [4.78, 5) is 30.4. The number of hydrogen-bond acceptors (Lipinski definition) is 9. The van der Waals surface area contributed by atoms with Crippen molar-refractivity contribution in [2.45, 2.75) is 26.8 Å². The minimum atomic E-state index is -0.465. The molecule has 1 aliphatic rings. The number of nitrogens with zero attached hydrogens (tertiary/aromatic N) is 7. The molecule has 3 aromatic rings. The number of hydrogen-bond donors (Lipinski definition) is 2. The van der Waals surface area contributed by atoms with Crippen LogP contribution in [0.4, 0.5) is 11.9 Å². The second-order valence-electron chi connectivity index (χ2n) is 7.66. The molecule has 1 fully saturated rings. The molecule has 3 aromatic heterocycles. The van der Waals surface area contributed by atoms with Gasteiger partial charge in [-0.1, -0.05) is 20.8 Å². The number of amides is 1. The number of nitrogens with two attached hydrogens (primary N) is 1. The summed E-state index contributed by atoms with van der Waals surface area (Å²) in [7, 11) is 0. The minimum Gasteiger partial charge on any atom is -0.461 e. The molecule has 11 heteroatoms. The number of rotatable bonds is 6. The molecular weight excluding hydrogens is 386 g/mol. The van der Waals surface area contributed by atoms with Crippen LogP contribution < -0.4 is 11.1 Å². The Morgan fingerprint density at radius 3 is 2.63 bits per heavy atom. The third-order valence-electron chi connectivity index (χ3n) is 5.32. The predicted molar refractivity (Wildman–Crippen MR) is 112 cm³/mol. The molecule has 0 radical (unpaired) electrons. The van der Waals surface area contributed by atoms with Crippen LogP contribution in [-0.2, 0) is 4.79 Å². The Kier molecular flexibility index (Phi) is 5.53. The van der Waals surface area contributed by atoms with Gasteiger partial charge in [0.2, 0.25) is 23.6 Å². The first-order valence-corrected chi connectivity index (χ1v) is 10.2. The van der Waals surface area contributed by atoms with E-state index in [1.165, 1.54) is 4.52 Å². The maximum Gasteiger partial charge on any atom is 0.259 e. The molecule has 0 aromatic carbocycles. The van der Waals surface area contributed by atoms with Crippen LogP contribution in [0.5, 0.6) is 0 Å². The van der Waals surface area contributed by atoms with Crippen LogP contribution in [0.2, 0.25) is 0 Å². The monoisotopic (exact) mass is 413 g/mol. The molecule has 4 heterocycles. The Morgan fingerprint density at radius 1 is 1.23 bits per heavy atom. The topological polar surface area (TPSA) is 131 Å². The van der Waals surface area contributed by atoms with Crippen LogP contribution in [0.1, 0.15) is 20.8 Å². The van der Waals surface area contributed by atoms with Gasteiger partial charge in [-0.25, -0.2) is 0 Å². The lowest BCUT2D eigenvalue weighted by atomic mass is 10.0. The number of nitrogens with one attached hydrogen (secondary N) is 1. The molecule has 11 nitrogen and oxygen atoms in total. The van der Waals surface area contributed by atoms with Crippen LogP contribution in [0.15, 0.2) is 22.8 Å². The number of piperazine rings is 1. The van der Waals surface area contributed by atoms with Crippen LogP contribution in [0.3, 0.4) is 0 Å². The molecule has 30 heavy (non-hydrogen) atoms. The van der Waals surface area contributed by atoms with Crippen molar-refractivity contribution in [3.05, 3.63) is 18.4 Å². The van der Waals surface area contributed by atoms with Crippen LogP contribution >= 0.6 is 0 Å². The van der Waals surface area contributed by atoms with Crippen molar-refractivity contribution in [2.75, 3.05) is 43.8 Å². The van der Waals surface area contributed by atoms with Gasteiger partial charge in [0.25, 0.3) is 5.78 Å². The number of likely N-dealkylation sites (N-methyl/N-ethyl adjacent to an activating group) is 1. The molecule has 4 rings (SSSR count). The first-order chi connectivity index (χ1) is 14.5. The van der Waals surface area contributed by atoms with Gasteiger partial charge in [0.15, 0.2) is 5.76 Å². The van der Waals surface area contributed by atoms with E-state index in [2.05, 4.69) is 37.2 Å². The van der Waals surface area contributed by atoms with Crippen molar-refractivity contribution >= 4 is 23.6 Å². The summed E-state index contributed by atoms with van der Waals surface area (Å²) in [6.07, 6.45) is 1.54. The lowest BCUT2D eigenvalue weighted by molar-refractivity contribution is -0.134. The summed E-state index contributed by atoms with van der Waals surface area (Å²) < 4.78 is 6.68. The maximum absolute atomic E-state index is 13.2.